The van der Waals surface area contributed by atoms with Gasteiger partial charge in [0, 0.05) is 0 Å². The summed E-state index contributed by atoms with van der Waals surface area (Å²) in [6.07, 6.45) is 4.62. The predicted octanol–water partition coefficient (Wildman–Crippen LogP) is 7.79. The number of phenols is 1. The van der Waals surface area contributed by atoms with Gasteiger partial charge in [0.15, 0.2) is 5.78 Å². The zero-order valence-corrected chi connectivity index (χ0v) is 22.6. The number of hydrogen-bond acceptors (Lipinski definition) is 3. The van der Waals surface area contributed by atoms with Crippen molar-refractivity contribution in [3.8, 4) is 16.9 Å². The third kappa shape index (κ3) is 8.08. The maximum atomic E-state index is 11.9. The number of aliphatic hydroxyl groups is 1. The standard InChI is InChI=1S/C23H16O3.2C5H5.2Fe/c24-17-9-11-19(21(13-17)15-5-1-2-6-15)23(26)20-12-10-18(25)14-22(20)16-7-3-4-8-16;2*1-2-4-5-3-1;;/h1-14,24,26H;2*1-5H;;/q-2;2*-1;2*+2. The molecule has 0 aromatic heterocycles. The first kappa shape index (κ1) is 30.4. The normalized spacial score (nSPS) is 12.9. The molecule has 1 aliphatic carbocycles. The number of allylic oxidation sites excluding steroid dienone is 5. The summed E-state index contributed by atoms with van der Waals surface area (Å²) in [6, 6.07) is 40.1. The minimum Gasteiger partial charge on any atom is -0.516 e. The van der Waals surface area contributed by atoms with E-state index in [9.17, 15) is 15.0 Å². The van der Waals surface area contributed by atoms with Gasteiger partial charge in [-0.3, -0.25) is 4.79 Å². The van der Waals surface area contributed by atoms with Gasteiger partial charge in [-0.2, -0.15) is 66.7 Å². The van der Waals surface area contributed by atoms with Gasteiger partial charge in [0.2, 0.25) is 0 Å². The topological polar surface area (TPSA) is 57.5 Å². The molecule has 0 amide bonds. The Morgan fingerprint density at radius 3 is 1.92 bits per heavy atom. The maximum Gasteiger partial charge on any atom is 2.00 e. The van der Waals surface area contributed by atoms with Crippen LogP contribution in [-0.4, -0.2) is 16.0 Å². The van der Waals surface area contributed by atoms with Gasteiger partial charge in [-0.05, 0) is 29.4 Å². The molecule has 0 saturated heterocycles. The molecule has 5 aromatic rings. The predicted molar refractivity (Wildman–Crippen MR) is 147 cm³/mol. The second-order valence-electron chi connectivity index (χ2n) is 8.06. The van der Waals surface area contributed by atoms with E-state index in [2.05, 4.69) is 0 Å². The summed E-state index contributed by atoms with van der Waals surface area (Å²) < 4.78 is 0. The third-order valence-corrected chi connectivity index (χ3v) is 5.56. The number of carbonyl (C=O) groups is 1. The molecule has 0 unspecified atom stereocenters. The molecule has 0 aliphatic heterocycles. The van der Waals surface area contributed by atoms with E-state index in [0.717, 1.165) is 16.7 Å². The van der Waals surface area contributed by atoms with Crippen molar-refractivity contribution >= 4 is 17.1 Å². The molecular formula is C33H26Fe2O3. The molecule has 38 heavy (non-hydrogen) atoms. The number of benzene rings is 1. The van der Waals surface area contributed by atoms with Crippen molar-refractivity contribution in [3.05, 3.63) is 162 Å². The molecule has 0 saturated carbocycles. The Balaban J connectivity index is 0.000000354. The molecule has 5 aromatic carbocycles. The van der Waals surface area contributed by atoms with Gasteiger partial charge in [-0.1, -0.05) is 29.3 Å². The van der Waals surface area contributed by atoms with Crippen LogP contribution in [0.1, 0.15) is 11.1 Å². The first-order chi connectivity index (χ1) is 17.6. The SMILES string of the molecule is O=C1C=CC(=C(O)c2ccc(O)cc2-[c-]2cccc2)C(c2ccc[cH-]2)=C1.[Fe+2].[Fe+2].c1cc[cH-]c1.c1cc[cH-]c1. The van der Waals surface area contributed by atoms with Crippen molar-refractivity contribution in [3.63, 3.8) is 0 Å². The minimum atomic E-state index is -0.111. The number of aliphatic hydroxyl groups excluding tert-OH is 1. The van der Waals surface area contributed by atoms with Gasteiger partial charge in [0.1, 0.15) is 0 Å². The number of phenolic OH excluding ortho intramolecular Hbond substituents is 1. The van der Waals surface area contributed by atoms with Crippen LogP contribution in [0.2, 0.25) is 0 Å². The van der Waals surface area contributed by atoms with Gasteiger partial charge < -0.3 is 10.2 Å². The van der Waals surface area contributed by atoms with Gasteiger partial charge in [0.05, 0.1) is 11.5 Å². The second-order valence-corrected chi connectivity index (χ2v) is 8.06. The molecule has 0 spiro atoms. The summed E-state index contributed by atoms with van der Waals surface area (Å²) in [5.41, 5.74) is 4.36. The van der Waals surface area contributed by atoms with Gasteiger partial charge >= 0.3 is 34.1 Å². The molecule has 0 fully saturated rings. The third-order valence-electron chi connectivity index (χ3n) is 5.56. The Kier molecular flexibility index (Phi) is 12.3. The zero-order valence-electron chi connectivity index (χ0n) is 20.4. The van der Waals surface area contributed by atoms with E-state index < -0.39 is 0 Å². The molecular weight excluding hydrogens is 556 g/mol. The molecule has 0 heterocycles. The Bertz CT molecular complexity index is 1370. The Morgan fingerprint density at radius 1 is 0.763 bits per heavy atom. The van der Waals surface area contributed by atoms with E-state index in [4.69, 9.17) is 0 Å². The van der Waals surface area contributed by atoms with Gasteiger partial charge in [-0.15, -0.1) is 29.3 Å². The fraction of sp³-hybridized carbons (Fsp3) is 0. The molecule has 5 heteroatoms. The number of hydrogen-bond donors (Lipinski definition) is 2. The molecule has 0 atom stereocenters. The average Bonchev–Trinajstić information content (AvgIpc) is 3.73. The van der Waals surface area contributed by atoms with Crippen LogP contribution in [0.3, 0.4) is 0 Å². The summed E-state index contributed by atoms with van der Waals surface area (Å²) in [7, 11) is 0. The summed E-state index contributed by atoms with van der Waals surface area (Å²) >= 11 is 0. The molecule has 1 aliphatic rings. The Morgan fingerprint density at radius 2 is 1.39 bits per heavy atom. The van der Waals surface area contributed by atoms with Crippen LogP contribution in [0.15, 0.2) is 151 Å². The number of rotatable bonds is 3. The summed E-state index contributed by atoms with van der Waals surface area (Å²) in [5, 5.41) is 21.0. The maximum absolute atomic E-state index is 11.9. The van der Waals surface area contributed by atoms with Crippen LogP contribution in [0.4, 0.5) is 0 Å². The minimum absolute atomic E-state index is 0. The van der Waals surface area contributed by atoms with Crippen molar-refractivity contribution in [1.29, 1.82) is 0 Å². The smallest absolute Gasteiger partial charge is 0.516 e. The van der Waals surface area contributed by atoms with Crippen LogP contribution >= 0.6 is 0 Å². The first-order valence-electron chi connectivity index (χ1n) is 11.6. The zero-order chi connectivity index (χ0) is 25.2. The van der Waals surface area contributed by atoms with Crippen LogP contribution < -0.4 is 0 Å². The summed E-state index contributed by atoms with van der Waals surface area (Å²) in [5.74, 6) is 0.0843. The molecule has 6 rings (SSSR count). The van der Waals surface area contributed by atoms with Crippen LogP contribution in [0.25, 0.3) is 22.5 Å². The van der Waals surface area contributed by atoms with Crippen molar-refractivity contribution < 1.29 is 49.1 Å². The van der Waals surface area contributed by atoms with E-state index in [1.807, 2.05) is 109 Å². The van der Waals surface area contributed by atoms with Gasteiger partial charge in [-0.25, -0.2) is 24.3 Å². The van der Waals surface area contributed by atoms with E-state index in [-0.39, 0.29) is 51.4 Å². The monoisotopic (exact) mass is 582 g/mol. The van der Waals surface area contributed by atoms with Crippen LogP contribution in [0, 0.1) is 0 Å². The first-order valence-corrected chi connectivity index (χ1v) is 11.6. The fourth-order valence-electron chi connectivity index (χ4n) is 3.84. The van der Waals surface area contributed by atoms with E-state index >= 15 is 0 Å². The summed E-state index contributed by atoms with van der Waals surface area (Å²) in [4.78, 5) is 11.9. The Labute approximate surface area is 244 Å². The molecule has 2 N–H and O–H groups in total. The number of carbonyl (C=O) groups excluding carboxylic acids is 1. The van der Waals surface area contributed by atoms with Crippen molar-refractivity contribution in [2.24, 2.45) is 0 Å². The molecule has 0 radical (unpaired) electrons. The average molecular weight is 582 g/mol. The second kappa shape index (κ2) is 15.4. The Hall–Kier alpha value is -3.85. The fourth-order valence-corrected chi connectivity index (χ4v) is 3.84. The van der Waals surface area contributed by atoms with Crippen molar-refractivity contribution in [2.75, 3.05) is 0 Å². The van der Waals surface area contributed by atoms with Crippen molar-refractivity contribution in [2.45, 2.75) is 0 Å². The molecule has 3 nitrogen and oxygen atoms in total. The van der Waals surface area contributed by atoms with Crippen LogP contribution in [-0.2, 0) is 38.9 Å². The van der Waals surface area contributed by atoms with Gasteiger partial charge in [0.25, 0.3) is 0 Å². The quantitative estimate of drug-likeness (QED) is 0.130. The molecule has 0 bridgehead atoms. The summed E-state index contributed by atoms with van der Waals surface area (Å²) in [6.45, 7) is 0. The molecule has 192 valence electrons. The van der Waals surface area contributed by atoms with Crippen molar-refractivity contribution in [1.82, 2.24) is 0 Å². The van der Waals surface area contributed by atoms with Crippen LogP contribution in [0.5, 0.6) is 5.75 Å². The van der Waals surface area contributed by atoms with E-state index in [0.29, 0.717) is 16.7 Å². The largest absolute Gasteiger partial charge is 2.00 e. The number of ketones is 1. The van der Waals surface area contributed by atoms with E-state index in [1.165, 1.54) is 12.2 Å². The number of aromatic hydroxyl groups is 1. The van der Waals surface area contributed by atoms with E-state index in [1.54, 1.807) is 24.3 Å².